The first kappa shape index (κ1) is 14.7. The monoisotopic (exact) mass is 259 g/mol. The second-order valence-corrected chi connectivity index (χ2v) is 4.68. The average Bonchev–Trinajstić information content (AvgIpc) is 2.71. The Hall–Kier alpha value is -1.34. The topological polar surface area (TPSA) is 93.1 Å². The zero-order valence-electron chi connectivity index (χ0n) is 10.8. The smallest absolute Gasteiger partial charge is 0.328 e. The van der Waals surface area contributed by atoms with Crippen molar-refractivity contribution in [3.05, 3.63) is 0 Å². The van der Waals surface area contributed by atoms with E-state index in [0.29, 0.717) is 12.6 Å². The fraction of sp³-hybridized carbons (Fsp3) is 0.818. The molecular formula is C11H21N3O4. The number of carboxylic acid groups (broad SMARTS) is 1. The van der Waals surface area contributed by atoms with Crippen LogP contribution in [0.4, 0.5) is 4.79 Å². The third-order valence-electron chi connectivity index (χ3n) is 3.28. The van der Waals surface area contributed by atoms with Crippen molar-refractivity contribution in [2.75, 3.05) is 33.8 Å². The Kier molecular flexibility index (Phi) is 5.36. The highest BCUT2D eigenvalue weighted by Gasteiger charge is 2.26. The fourth-order valence-corrected chi connectivity index (χ4v) is 2.05. The minimum atomic E-state index is -1.25. The average molecular weight is 259 g/mol. The molecule has 1 aliphatic rings. The summed E-state index contributed by atoms with van der Waals surface area (Å²) in [6, 6.07) is -1.41. The number of likely N-dealkylation sites (N-methyl/N-ethyl adjacent to an activating group) is 2. The Morgan fingerprint density at radius 3 is 2.67 bits per heavy atom. The summed E-state index contributed by atoms with van der Waals surface area (Å²) in [7, 11) is 3.63. The molecular weight excluding hydrogens is 238 g/mol. The van der Waals surface area contributed by atoms with Crippen molar-refractivity contribution in [3.8, 4) is 0 Å². The maximum Gasteiger partial charge on any atom is 0.328 e. The number of carbonyl (C=O) groups excluding carboxylic acids is 1. The predicted octanol–water partition coefficient (Wildman–Crippen LogP) is -0.832. The van der Waals surface area contributed by atoms with Gasteiger partial charge in [-0.2, -0.15) is 0 Å². The van der Waals surface area contributed by atoms with Gasteiger partial charge in [0.2, 0.25) is 0 Å². The Bertz CT molecular complexity index is 311. The largest absolute Gasteiger partial charge is 0.480 e. The van der Waals surface area contributed by atoms with Gasteiger partial charge in [-0.05, 0) is 26.4 Å². The summed E-state index contributed by atoms with van der Waals surface area (Å²) >= 11 is 0. The van der Waals surface area contributed by atoms with Crippen LogP contribution in [0.15, 0.2) is 0 Å². The molecule has 1 aliphatic heterocycles. The summed E-state index contributed by atoms with van der Waals surface area (Å²) in [4.78, 5) is 26.1. The quantitative estimate of drug-likeness (QED) is 0.599. The molecule has 0 aromatic rings. The zero-order chi connectivity index (χ0) is 13.7. The van der Waals surface area contributed by atoms with Crippen LogP contribution in [-0.2, 0) is 4.79 Å². The Balaban J connectivity index is 2.43. The number of hydrogen-bond acceptors (Lipinski definition) is 4. The maximum atomic E-state index is 11.7. The van der Waals surface area contributed by atoms with Crippen LogP contribution in [0, 0.1) is 0 Å². The number of aliphatic hydroxyl groups is 1. The maximum absolute atomic E-state index is 11.7. The van der Waals surface area contributed by atoms with Crippen molar-refractivity contribution in [2.45, 2.75) is 24.9 Å². The normalized spacial score (nSPS) is 21.6. The van der Waals surface area contributed by atoms with Crippen LogP contribution < -0.4 is 5.32 Å². The van der Waals surface area contributed by atoms with Crippen LogP contribution in [0.2, 0.25) is 0 Å². The first-order chi connectivity index (χ1) is 8.45. The van der Waals surface area contributed by atoms with E-state index in [1.807, 2.05) is 7.05 Å². The van der Waals surface area contributed by atoms with Crippen molar-refractivity contribution >= 4 is 12.0 Å². The molecule has 0 saturated carbocycles. The van der Waals surface area contributed by atoms with Crippen LogP contribution in [0.1, 0.15) is 12.8 Å². The van der Waals surface area contributed by atoms with Crippen LogP contribution in [0.25, 0.3) is 0 Å². The molecule has 0 aromatic heterocycles. The molecule has 1 heterocycles. The number of nitrogens with one attached hydrogen (secondary N) is 1. The van der Waals surface area contributed by atoms with Gasteiger partial charge in [-0.1, -0.05) is 0 Å². The van der Waals surface area contributed by atoms with Crippen molar-refractivity contribution in [1.82, 2.24) is 15.1 Å². The number of aliphatic carboxylic acids is 1. The highest BCUT2D eigenvalue weighted by molar-refractivity contribution is 5.82. The van der Waals surface area contributed by atoms with E-state index in [9.17, 15) is 9.59 Å². The van der Waals surface area contributed by atoms with Crippen LogP contribution in [0.3, 0.4) is 0 Å². The molecule has 1 fully saturated rings. The number of carboxylic acids is 1. The first-order valence-corrected chi connectivity index (χ1v) is 6.01. The second-order valence-electron chi connectivity index (χ2n) is 4.68. The van der Waals surface area contributed by atoms with E-state index in [-0.39, 0.29) is 0 Å². The summed E-state index contributed by atoms with van der Waals surface area (Å²) < 4.78 is 0. The number of carbonyl (C=O) groups is 2. The van der Waals surface area contributed by atoms with Gasteiger partial charge in [-0.25, -0.2) is 9.59 Å². The van der Waals surface area contributed by atoms with Crippen molar-refractivity contribution < 1.29 is 19.8 Å². The standard InChI is InChI=1S/C11H21N3O4/c1-13-5-3-4-8(13)6-14(2)11(18)12-9(7-15)10(16)17/h8-9,15H,3-7H2,1-2H3,(H,12,18)(H,16,17)/t8?,9-/m0/s1. The lowest BCUT2D eigenvalue weighted by atomic mass is 10.2. The summed E-state index contributed by atoms with van der Waals surface area (Å²) in [5.41, 5.74) is 0. The highest BCUT2D eigenvalue weighted by Crippen LogP contribution is 2.15. The molecule has 0 radical (unpaired) electrons. The van der Waals surface area contributed by atoms with Crippen LogP contribution in [0.5, 0.6) is 0 Å². The number of hydrogen-bond donors (Lipinski definition) is 3. The van der Waals surface area contributed by atoms with Gasteiger partial charge in [0.25, 0.3) is 0 Å². The lowest BCUT2D eigenvalue weighted by Crippen LogP contribution is -2.50. The number of likely N-dealkylation sites (tertiary alicyclic amines) is 1. The van der Waals surface area contributed by atoms with Gasteiger partial charge in [-0.3, -0.25) is 0 Å². The minimum Gasteiger partial charge on any atom is -0.480 e. The zero-order valence-corrected chi connectivity index (χ0v) is 10.8. The predicted molar refractivity (Wildman–Crippen MR) is 65.3 cm³/mol. The van der Waals surface area contributed by atoms with Gasteiger partial charge < -0.3 is 25.3 Å². The molecule has 7 nitrogen and oxygen atoms in total. The van der Waals surface area contributed by atoms with Gasteiger partial charge in [0.15, 0.2) is 6.04 Å². The molecule has 1 saturated heterocycles. The molecule has 0 bridgehead atoms. The molecule has 0 spiro atoms. The lowest BCUT2D eigenvalue weighted by Gasteiger charge is -2.26. The van der Waals surface area contributed by atoms with Crippen molar-refractivity contribution in [2.24, 2.45) is 0 Å². The Labute approximate surface area is 106 Å². The van der Waals surface area contributed by atoms with E-state index in [2.05, 4.69) is 10.2 Å². The number of amides is 2. The molecule has 3 N–H and O–H groups in total. The van der Waals surface area contributed by atoms with E-state index in [4.69, 9.17) is 10.2 Å². The summed E-state index contributed by atoms with van der Waals surface area (Å²) in [6.07, 6.45) is 2.15. The Morgan fingerprint density at radius 1 is 1.56 bits per heavy atom. The number of aliphatic hydroxyl groups excluding tert-OH is 1. The summed E-state index contributed by atoms with van der Waals surface area (Å²) in [6.45, 7) is 0.965. The van der Waals surface area contributed by atoms with Crippen molar-refractivity contribution in [3.63, 3.8) is 0 Å². The van der Waals surface area contributed by atoms with Gasteiger partial charge >= 0.3 is 12.0 Å². The van der Waals surface area contributed by atoms with E-state index >= 15 is 0 Å². The van der Waals surface area contributed by atoms with Crippen LogP contribution >= 0.6 is 0 Å². The third-order valence-corrected chi connectivity index (χ3v) is 3.28. The van der Waals surface area contributed by atoms with Gasteiger partial charge in [0, 0.05) is 19.6 Å². The molecule has 2 atom stereocenters. The molecule has 104 valence electrons. The van der Waals surface area contributed by atoms with E-state index in [0.717, 1.165) is 19.4 Å². The number of rotatable bonds is 5. The van der Waals surface area contributed by atoms with Gasteiger partial charge in [0.1, 0.15) is 0 Å². The lowest BCUT2D eigenvalue weighted by molar-refractivity contribution is -0.140. The van der Waals surface area contributed by atoms with E-state index in [1.165, 1.54) is 4.90 Å². The van der Waals surface area contributed by atoms with Crippen LogP contribution in [-0.4, -0.2) is 77.9 Å². The molecule has 18 heavy (non-hydrogen) atoms. The molecule has 1 unspecified atom stereocenters. The SMILES string of the molecule is CN(CC1CCCN1C)C(=O)N[C@@H](CO)C(=O)O. The second kappa shape index (κ2) is 6.55. The first-order valence-electron chi connectivity index (χ1n) is 6.01. The van der Waals surface area contributed by atoms with Gasteiger partial charge in [0.05, 0.1) is 6.61 Å². The summed E-state index contributed by atoms with van der Waals surface area (Å²) in [5.74, 6) is -1.24. The molecule has 1 rings (SSSR count). The molecule has 7 heteroatoms. The third kappa shape index (κ3) is 3.85. The Morgan fingerprint density at radius 2 is 2.22 bits per heavy atom. The van der Waals surface area contributed by atoms with E-state index in [1.54, 1.807) is 7.05 Å². The van der Waals surface area contributed by atoms with Gasteiger partial charge in [-0.15, -0.1) is 0 Å². The minimum absolute atomic E-state index is 0.318. The number of nitrogens with zero attached hydrogens (tertiary/aromatic N) is 2. The molecule has 0 aliphatic carbocycles. The summed E-state index contributed by atoms with van der Waals surface area (Å²) in [5, 5.41) is 19.8. The van der Waals surface area contributed by atoms with Crippen molar-refractivity contribution in [1.29, 1.82) is 0 Å². The number of urea groups is 1. The molecule has 2 amide bonds. The fourth-order valence-electron chi connectivity index (χ4n) is 2.05. The van der Waals surface area contributed by atoms with E-state index < -0.39 is 24.6 Å². The highest BCUT2D eigenvalue weighted by atomic mass is 16.4. The molecule has 0 aromatic carbocycles.